The molecule has 46 heavy (non-hydrogen) atoms. The van der Waals surface area contributed by atoms with E-state index in [1.165, 1.54) is 12.2 Å². The third kappa shape index (κ3) is 9.19. The first-order chi connectivity index (χ1) is 22.1. The molecule has 12 nitrogen and oxygen atoms in total. The van der Waals surface area contributed by atoms with Crippen molar-refractivity contribution in [3.8, 4) is 0 Å². The summed E-state index contributed by atoms with van der Waals surface area (Å²) in [5, 5.41) is 11.5. The molecule has 0 bridgehead atoms. The molecular formula is C34H36N6O6. The van der Waals surface area contributed by atoms with Crippen LogP contribution < -0.4 is 11.1 Å². The number of fused-ring (bicyclic) bond motifs is 1. The minimum atomic E-state index is -1.23. The first-order valence-electron chi connectivity index (χ1n) is 14.9. The van der Waals surface area contributed by atoms with E-state index in [4.69, 9.17) is 15.6 Å². The van der Waals surface area contributed by atoms with Crippen LogP contribution in [0.1, 0.15) is 35.1 Å². The van der Waals surface area contributed by atoms with Crippen molar-refractivity contribution in [2.75, 3.05) is 37.2 Å². The molecule has 238 valence electrons. The van der Waals surface area contributed by atoms with Gasteiger partial charge in [-0.05, 0) is 85.0 Å². The van der Waals surface area contributed by atoms with Gasteiger partial charge < -0.3 is 30.7 Å². The number of rotatable bonds is 8. The van der Waals surface area contributed by atoms with Gasteiger partial charge in [-0.15, -0.1) is 0 Å². The van der Waals surface area contributed by atoms with Crippen molar-refractivity contribution in [1.82, 2.24) is 9.80 Å². The number of carbonyl (C=O) groups is 4. The number of piperidine rings is 1. The molecule has 12 heteroatoms. The van der Waals surface area contributed by atoms with Crippen LogP contribution in [0.25, 0.3) is 0 Å². The predicted molar refractivity (Wildman–Crippen MR) is 173 cm³/mol. The third-order valence-corrected chi connectivity index (χ3v) is 7.74. The lowest BCUT2D eigenvalue weighted by Crippen LogP contribution is -2.50. The largest absolute Gasteiger partial charge is 0.480 e. The highest BCUT2D eigenvalue weighted by Crippen LogP contribution is 2.25. The second-order valence-corrected chi connectivity index (χ2v) is 11.0. The molecule has 2 aliphatic rings. The Morgan fingerprint density at radius 3 is 2.46 bits per heavy atom. The molecule has 0 saturated carbocycles. The quantitative estimate of drug-likeness (QED) is 0.174. The lowest BCUT2D eigenvalue weighted by Gasteiger charge is -2.37. The second kappa shape index (κ2) is 15.9. The van der Waals surface area contributed by atoms with E-state index in [9.17, 15) is 19.2 Å². The summed E-state index contributed by atoms with van der Waals surface area (Å²) in [4.78, 5) is 60.4. The lowest BCUT2D eigenvalue weighted by atomic mass is 10.00. The number of para-hydroxylation sites is 1. The molecule has 2 aromatic carbocycles. The smallest absolute Gasteiger partial charge is 0.410 e. The van der Waals surface area contributed by atoms with Gasteiger partial charge in [-0.1, -0.05) is 30.3 Å². The number of hydrogen-bond donors (Lipinski definition) is 3. The number of carboxylic acids is 1. The fourth-order valence-electron chi connectivity index (χ4n) is 5.34. The van der Waals surface area contributed by atoms with Gasteiger partial charge in [0.25, 0.3) is 5.91 Å². The number of nitrogens with one attached hydrogen (secondary N) is 1. The van der Waals surface area contributed by atoms with Crippen LogP contribution in [0.2, 0.25) is 0 Å². The molecular weight excluding hydrogens is 588 g/mol. The molecule has 1 saturated heterocycles. The Kier molecular flexibility index (Phi) is 11.5. The molecule has 2 aliphatic heterocycles. The van der Waals surface area contributed by atoms with E-state index in [2.05, 4.69) is 38.5 Å². The monoisotopic (exact) mass is 624 g/mol. The standard InChI is InChI=1S/C34H36N6O6/c1-23-19-25(20-24(2)31(23)35)21-29(32(43)37-15-8-4-3-7-14-36-22-30(41)42)46-34(45)39-16-12-27(13-17-39)40-18-11-26-9-5-6-10-28(26)38-33(40)44/h3-6,9-10,19-20,27,29H,11-13,16-18,21-22,35H2,1-2H3,(H,38,44)(H,41,42)/t29-/m1/s1. The fraction of sp³-hybridized carbons (Fsp3) is 0.353. The number of aliphatic carboxylic acids is 1. The van der Waals surface area contributed by atoms with Crippen molar-refractivity contribution in [2.45, 2.75) is 51.7 Å². The number of nitrogens with two attached hydrogens (primary N) is 1. The van der Waals surface area contributed by atoms with E-state index in [0.29, 0.717) is 38.2 Å². The number of benzene rings is 2. The maximum atomic E-state index is 13.3. The van der Waals surface area contributed by atoms with Gasteiger partial charge in [0.15, 0.2) is 6.10 Å². The maximum Gasteiger partial charge on any atom is 0.410 e. The van der Waals surface area contributed by atoms with E-state index in [-0.39, 0.29) is 18.5 Å². The van der Waals surface area contributed by atoms with Gasteiger partial charge in [0.05, 0.1) is 0 Å². The predicted octanol–water partition coefficient (Wildman–Crippen LogP) is 3.86. The minimum Gasteiger partial charge on any atom is -0.480 e. The number of aliphatic imine (C=N–C) groups is 2. The van der Waals surface area contributed by atoms with Crippen molar-refractivity contribution in [3.63, 3.8) is 0 Å². The number of aryl methyl sites for hydroxylation is 2. The van der Waals surface area contributed by atoms with Crippen LogP contribution in [0.15, 0.2) is 70.0 Å². The lowest BCUT2D eigenvalue weighted by molar-refractivity contribution is -0.135. The summed E-state index contributed by atoms with van der Waals surface area (Å²) >= 11 is 0. The van der Waals surface area contributed by atoms with Crippen LogP contribution in [0.3, 0.4) is 0 Å². The number of likely N-dealkylation sites (tertiary alicyclic amines) is 1. The molecule has 4 rings (SSSR count). The zero-order valence-corrected chi connectivity index (χ0v) is 25.8. The van der Waals surface area contributed by atoms with E-state index in [0.717, 1.165) is 34.4 Å². The Morgan fingerprint density at radius 2 is 1.76 bits per heavy atom. The highest BCUT2D eigenvalue weighted by Gasteiger charge is 2.33. The molecule has 1 atom stereocenters. The molecule has 4 N–H and O–H groups in total. The fourth-order valence-corrected chi connectivity index (χ4v) is 5.34. The number of anilines is 2. The van der Waals surface area contributed by atoms with E-state index >= 15 is 0 Å². The number of carbonyl (C=O) groups excluding carboxylic acids is 3. The third-order valence-electron chi connectivity index (χ3n) is 7.74. The first kappa shape index (κ1) is 33.3. The number of nitrogens with zero attached hydrogens (tertiary/aromatic N) is 4. The number of nitrogen functional groups attached to an aromatic ring is 1. The molecule has 0 radical (unpaired) electrons. The summed E-state index contributed by atoms with van der Waals surface area (Å²) < 4.78 is 5.72. The molecule has 0 spiro atoms. The first-order valence-corrected chi connectivity index (χ1v) is 14.9. The molecule has 0 unspecified atom stereocenters. The van der Waals surface area contributed by atoms with Gasteiger partial charge in [-0.2, -0.15) is 4.99 Å². The maximum absolute atomic E-state index is 13.3. The Hall–Kier alpha value is -5.62. The second-order valence-electron chi connectivity index (χ2n) is 11.0. The van der Waals surface area contributed by atoms with Crippen LogP contribution in [0, 0.1) is 13.8 Å². The number of urea groups is 1. The van der Waals surface area contributed by atoms with Gasteiger partial charge in [0, 0.05) is 55.2 Å². The summed E-state index contributed by atoms with van der Waals surface area (Å²) in [6.07, 6.45) is 2.77. The number of ether oxygens (including phenoxy) is 1. The van der Waals surface area contributed by atoms with Gasteiger partial charge >= 0.3 is 18.1 Å². The Bertz CT molecular complexity index is 1680. The highest BCUT2D eigenvalue weighted by atomic mass is 16.6. The van der Waals surface area contributed by atoms with Crippen molar-refractivity contribution in [2.24, 2.45) is 9.98 Å². The van der Waals surface area contributed by atoms with Crippen LogP contribution in [0.4, 0.5) is 21.0 Å². The summed E-state index contributed by atoms with van der Waals surface area (Å²) in [7, 11) is 0. The van der Waals surface area contributed by atoms with Gasteiger partial charge in [-0.3, -0.25) is 9.59 Å². The Balaban J connectivity index is 1.42. The molecule has 4 amide bonds. The molecule has 0 aromatic heterocycles. The zero-order chi connectivity index (χ0) is 33.1. The highest BCUT2D eigenvalue weighted by molar-refractivity contribution is 5.91. The van der Waals surface area contributed by atoms with E-state index < -0.39 is 30.6 Å². The number of hydrogen-bond acceptors (Lipinski definition) is 7. The number of carboxylic acid groups (broad SMARTS) is 1. The average molecular weight is 625 g/mol. The SMILES string of the molecule is Cc1cc(C[C@@H](OC(=O)N2CCC(N3CCc4ccccc4NC3=O)CC2)C(=O)N=C=C=CC=C=C=NCC(=O)O)cc(C)c1N. The summed E-state index contributed by atoms with van der Waals surface area (Å²) in [5.74, 6) is 2.87. The van der Waals surface area contributed by atoms with Gasteiger partial charge in [0.1, 0.15) is 6.54 Å². The van der Waals surface area contributed by atoms with Gasteiger partial charge in [0.2, 0.25) is 0 Å². The number of amides is 4. The molecule has 1 fully saturated rings. The normalized spacial score (nSPS) is 14.9. The Labute approximate surface area is 267 Å². The van der Waals surface area contributed by atoms with Crippen LogP contribution >= 0.6 is 0 Å². The van der Waals surface area contributed by atoms with Crippen LogP contribution in [0.5, 0.6) is 0 Å². The van der Waals surface area contributed by atoms with E-state index in [1.54, 1.807) is 4.90 Å². The molecule has 2 aromatic rings. The van der Waals surface area contributed by atoms with Crippen molar-refractivity contribution in [3.05, 3.63) is 82.3 Å². The summed E-state index contributed by atoms with van der Waals surface area (Å²) in [6, 6.07) is 11.3. The van der Waals surface area contributed by atoms with Crippen molar-refractivity contribution < 1.29 is 29.0 Å². The Morgan fingerprint density at radius 1 is 1.09 bits per heavy atom. The van der Waals surface area contributed by atoms with Crippen LogP contribution in [-0.4, -0.2) is 89.0 Å². The summed E-state index contributed by atoms with van der Waals surface area (Å²) in [6.45, 7) is 4.61. The number of allylic oxidation sites excluding steroid dienone is 2. The van der Waals surface area contributed by atoms with Crippen molar-refractivity contribution in [1.29, 1.82) is 0 Å². The van der Waals surface area contributed by atoms with E-state index in [1.807, 2.05) is 55.1 Å². The average Bonchev–Trinajstić information content (AvgIpc) is 3.20. The minimum absolute atomic E-state index is 0.0367. The van der Waals surface area contributed by atoms with Gasteiger partial charge in [-0.25, -0.2) is 14.6 Å². The van der Waals surface area contributed by atoms with Crippen LogP contribution in [-0.2, 0) is 27.2 Å². The zero-order valence-electron chi connectivity index (χ0n) is 25.8. The van der Waals surface area contributed by atoms with Crippen molar-refractivity contribution >= 4 is 47.1 Å². The topological polar surface area (TPSA) is 167 Å². The molecule has 2 heterocycles. The molecule has 0 aliphatic carbocycles. The summed E-state index contributed by atoms with van der Waals surface area (Å²) in [5.41, 5.74) is 16.1.